The van der Waals surface area contributed by atoms with Crippen molar-refractivity contribution in [3.63, 3.8) is 0 Å². The van der Waals surface area contributed by atoms with Crippen molar-refractivity contribution in [1.82, 2.24) is 10.2 Å². The van der Waals surface area contributed by atoms with E-state index in [9.17, 15) is 9.59 Å². The van der Waals surface area contributed by atoms with Crippen molar-refractivity contribution >= 4 is 11.8 Å². The maximum atomic E-state index is 12.8. The van der Waals surface area contributed by atoms with Crippen molar-refractivity contribution in [2.75, 3.05) is 13.1 Å². The molecule has 23 heavy (non-hydrogen) atoms. The molecule has 4 heteroatoms. The van der Waals surface area contributed by atoms with Gasteiger partial charge in [-0.3, -0.25) is 9.59 Å². The fourth-order valence-electron chi connectivity index (χ4n) is 3.01. The fourth-order valence-corrected chi connectivity index (χ4v) is 3.01. The third-order valence-corrected chi connectivity index (χ3v) is 4.42. The molecule has 1 aromatic carbocycles. The molecule has 1 atom stereocenters. The molecule has 2 amide bonds. The topological polar surface area (TPSA) is 49.4 Å². The Kier molecular flexibility index (Phi) is 6.20. The number of benzene rings is 1. The maximum Gasteiger partial charge on any atom is 0.251 e. The second-order valence-corrected chi connectivity index (χ2v) is 6.80. The van der Waals surface area contributed by atoms with Gasteiger partial charge in [0.15, 0.2) is 0 Å². The molecule has 2 rings (SSSR count). The molecule has 1 heterocycles. The van der Waals surface area contributed by atoms with Gasteiger partial charge in [-0.15, -0.1) is 0 Å². The summed E-state index contributed by atoms with van der Waals surface area (Å²) in [7, 11) is 0. The first kappa shape index (κ1) is 17.5. The zero-order chi connectivity index (χ0) is 16.8. The van der Waals surface area contributed by atoms with Gasteiger partial charge in [0.2, 0.25) is 5.91 Å². The smallest absolute Gasteiger partial charge is 0.251 e. The third kappa shape index (κ3) is 4.81. The molecule has 1 unspecified atom stereocenters. The summed E-state index contributed by atoms with van der Waals surface area (Å²) in [5.74, 6) is -0.0435. The van der Waals surface area contributed by atoms with Crippen LogP contribution < -0.4 is 5.32 Å². The van der Waals surface area contributed by atoms with Gasteiger partial charge < -0.3 is 10.2 Å². The van der Waals surface area contributed by atoms with Gasteiger partial charge in [0.1, 0.15) is 6.04 Å². The average molecular weight is 316 g/mol. The third-order valence-electron chi connectivity index (χ3n) is 4.42. The SMILES string of the molecule is Cc1cccc(C(=O)NC(C(=O)N2CCCCCC2)C(C)C)c1. The predicted octanol–water partition coefficient (Wildman–Crippen LogP) is 3.15. The summed E-state index contributed by atoms with van der Waals surface area (Å²) in [4.78, 5) is 27.2. The zero-order valence-corrected chi connectivity index (χ0v) is 14.5. The normalized spacial score (nSPS) is 16.8. The standard InChI is InChI=1S/C19H28N2O2/c1-14(2)17(19(23)21-11-6-4-5-7-12-21)20-18(22)16-10-8-9-15(3)13-16/h8-10,13-14,17H,4-7,11-12H2,1-3H3,(H,20,22). The molecule has 1 aliphatic rings. The van der Waals surface area contributed by atoms with Crippen molar-refractivity contribution in [3.05, 3.63) is 35.4 Å². The molecule has 126 valence electrons. The summed E-state index contributed by atoms with van der Waals surface area (Å²) in [5, 5.41) is 2.95. The van der Waals surface area contributed by atoms with E-state index in [1.165, 1.54) is 12.8 Å². The lowest BCUT2D eigenvalue weighted by Gasteiger charge is -2.29. The van der Waals surface area contributed by atoms with E-state index in [0.29, 0.717) is 5.56 Å². The van der Waals surface area contributed by atoms with Crippen molar-refractivity contribution in [2.24, 2.45) is 5.92 Å². The molecule has 0 aliphatic carbocycles. The molecule has 0 aromatic heterocycles. The monoisotopic (exact) mass is 316 g/mol. The Hall–Kier alpha value is -1.84. The molecule has 0 radical (unpaired) electrons. The predicted molar refractivity (Wildman–Crippen MR) is 92.3 cm³/mol. The number of nitrogens with one attached hydrogen (secondary N) is 1. The summed E-state index contributed by atoms with van der Waals surface area (Å²) >= 11 is 0. The summed E-state index contributed by atoms with van der Waals surface area (Å²) in [6, 6.07) is 7.00. The van der Waals surface area contributed by atoms with Crippen molar-refractivity contribution in [3.8, 4) is 0 Å². The van der Waals surface area contributed by atoms with Gasteiger partial charge in [0.25, 0.3) is 5.91 Å². The van der Waals surface area contributed by atoms with Crippen LogP contribution in [0.2, 0.25) is 0 Å². The second kappa shape index (κ2) is 8.14. The van der Waals surface area contributed by atoms with Gasteiger partial charge in [0, 0.05) is 18.7 Å². The van der Waals surface area contributed by atoms with E-state index < -0.39 is 6.04 Å². The number of hydrogen-bond donors (Lipinski definition) is 1. The van der Waals surface area contributed by atoms with Gasteiger partial charge in [0.05, 0.1) is 0 Å². The minimum Gasteiger partial charge on any atom is -0.341 e. The number of nitrogens with zero attached hydrogens (tertiary/aromatic N) is 1. The van der Waals surface area contributed by atoms with Crippen LogP contribution in [0, 0.1) is 12.8 Å². The number of carbonyl (C=O) groups is 2. The van der Waals surface area contributed by atoms with Gasteiger partial charge in [-0.05, 0) is 37.8 Å². The lowest BCUT2D eigenvalue weighted by Crippen LogP contribution is -2.51. The quantitative estimate of drug-likeness (QED) is 0.927. The highest BCUT2D eigenvalue weighted by Crippen LogP contribution is 2.14. The highest BCUT2D eigenvalue weighted by atomic mass is 16.2. The second-order valence-electron chi connectivity index (χ2n) is 6.80. The minimum atomic E-state index is -0.457. The molecule has 1 aromatic rings. The Morgan fingerprint density at radius 3 is 2.30 bits per heavy atom. The molecular weight excluding hydrogens is 288 g/mol. The van der Waals surface area contributed by atoms with Crippen LogP contribution in [-0.4, -0.2) is 35.8 Å². The van der Waals surface area contributed by atoms with Gasteiger partial charge in [-0.2, -0.15) is 0 Å². The first-order valence-corrected chi connectivity index (χ1v) is 8.65. The van der Waals surface area contributed by atoms with Crippen molar-refractivity contribution < 1.29 is 9.59 Å². The van der Waals surface area contributed by atoms with E-state index in [0.717, 1.165) is 31.5 Å². The largest absolute Gasteiger partial charge is 0.341 e. The Labute approximate surface area is 139 Å². The van der Waals surface area contributed by atoms with E-state index in [4.69, 9.17) is 0 Å². The number of rotatable bonds is 4. The molecule has 0 saturated carbocycles. The van der Waals surface area contributed by atoms with Crippen molar-refractivity contribution in [1.29, 1.82) is 0 Å². The molecule has 1 N–H and O–H groups in total. The van der Waals surface area contributed by atoms with E-state index >= 15 is 0 Å². The summed E-state index contributed by atoms with van der Waals surface area (Å²) in [6.45, 7) is 7.54. The van der Waals surface area contributed by atoms with Crippen LogP contribution in [0.1, 0.15) is 55.5 Å². The van der Waals surface area contributed by atoms with Gasteiger partial charge >= 0.3 is 0 Å². The molecule has 4 nitrogen and oxygen atoms in total. The summed E-state index contributed by atoms with van der Waals surface area (Å²) < 4.78 is 0. The number of aryl methyl sites for hydroxylation is 1. The highest BCUT2D eigenvalue weighted by Gasteiger charge is 2.29. The highest BCUT2D eigenvalue weighted by molar-refractivity contribution is 5.97. The van der Waals surface area contributed by atoms with Crippen LogP contribution in [0.5, 0.6) is 0 Å². The Morgan fingerprint density at radius 2 is 1.74 bits per heavy atom. The van der Waals surface area contributed by atoms with Crippen LogP contribution in [0.4, 0.5) is 0 Å². The van der Waals surface area contributed by atoms with Gasteiger partial charge in [-0.25, -0.2) is 0 Å². The maximum absolute atomic E-state index is 12.8. The average Bonchev–Trinajstić information content (AvgIpc) is 2.80. The molecule has 0 spiro atoms. The minimum absolute atomic E-state index is 0.0582. The number of hydrogen-bond acceptors (Lipinski definition) is 2. The van der Waals surface area contributed by atoms with E-state index in [2.05, 4.69) is 5.32 Å². The van der Waals surface area contributed by atoms with Crippen LogP contribution in [-0.2, 0) is 4.79 Å². The van der Waals surface area contributed by atoms with Crippen LogP contribution >= 0.6 is 0 Å². The first-order valence-electron chi connectivity index (χ1n) is 8.65. The molecule has 1 saturated heterocycles. The van der Waals surface area contributed by atoms with E-state index in [1.54, 1.807) is 6.07 Å². The Balaban J connectivity index is 2.08. The molecule has 0 bridgehead atoms. The molecule has 1 aliphatic heterocycles. The van der Waals surface area contributed by atoms with E-state index in [1.807, 2.05) is 43.9 Å². The number of amides is 2. The van der Waals surface area contributed by atoms with Gasteiger partial charge in [-0.1, -0.05) is 44.4 Å². The van der Waals surface area contributed by atoms with Crippen LogP contribution in [0.25, 0.3) is 0 Å². The lowest BCUT2D eigenvalue weighted by molar-refractivity contribution is -0.134. The Morgan fingerprint density at radius 1 is 1.09 bits per heavy atom. The van der Waals surface area contributed by atoms with Crippen LogP contribution in [0.15, 0.2) is 24.3 Å². The summed E-state index contributed by atoms with van der Waals surface area (Å²) in [6.07, 6.45) is 4.49. The lowest BCUT2D eigenvalue weighted by atomic mass is 10.0. The number of carbonyl (C=O) groups excluding carboxylic acids is 2. The summed E-state index contributed by atoms with van der Waals surface area (Å²) in [5.41, 5.74) is 1.65. The van der Waals surface area contributed by atoms with Crippen LogP contribution in [0.3, 0.4) is 0 Å². The zero-order valence-electron chi connectivity index (χ0n) is 14.5. The van der Waals surface area contributed by atoms with Crippen molar-refractivity contribution in [2.45, 2.75) is 52.5 Å². The Bertz CT molecular complexity index is 546. The number of likely N-dealkylation sites (tertiary alicyclic amines) is 1. The molecular formula is C19H28N2O2. The first-order chi connectivity index (χ1) is 11.0. The fraction of sp³-hybridized carbons (Fsp3) is 0.579. The van der Waals surface area contributed by atoms with E-state index in [-0.39, 0.29) is 17.7 Å². The molecule has 1 fully saturated rings.